The van der Waals surface area contributed by atoms with Crippen molar-refractivity contribution in [2.45, 2.75) is 92.6 Å². The first-order valence-corrected chi connectivity index (χ1v) is 13.0. The third-order valence-corrected chi connectivity index (χ3v) is 11.5. The molecule has 0 aromatic heterocycles. The van der Waals surface area contributed by atoms with Gasteiger partial charge in [0.2, 0.25) is 0 Å². The SMILES string of the molecule is COC(=O)CC[C@@H](C)[C@H]1C[C@H](O)[C@@]2(C)[C@@H]3C(=O)C[C@@H]4C(C)(C)C(=O)CC[C@]4(C)[C@@H]3C(=O)C[C@]12C. The lowest BCUT2D eigenvalue weighted by molar-refractivity contribution is -0.199. The Morgan fingerprint density at radius 2 is 1.74 bits per heavy atom. The van der Waals surface area contributed by atoms with Gasteiger partial charge in [-0.15, -0.1) is 0 Å². The zero-order valence-electron chi connectivity index (χ0n) is 21.9. The van der Waals surface area contributed by atoms with Crippen molar-refractivity contribution in [3.63, 3.8) is 0 Å². The van der Waals surface area contributed by atoms with Gasteiger partial charge in [0.05, 0.1) is 13.2 Å². The highest BCUT2D eigenvalue weighted by atomic mass is 16.5. The van der Waals surface area contributed by atoms with E-state index in [0.29, 0.717) is 44.9 Å². The van der Waals surface area contributed by atoms with Crippen LogP contribution in [-0.2, 0) is 23.9 Å². The Hall–Kier alpha value is -1.56. The van der Waals surface area contributed by atoms with E-state index in [-0.39, 0.29) is 41.1 Å². The molecule has 34 heavy (non-hydrogen) atoms. The van der Waals surface area contributed by atoms with E-state index in [2.05, 4.69) is 20.8 Å². The number of methoxy groups -OCH3 is 1. The second kappa shape index (κ2) is 7.97. The van der Waals surface area contributed by atoms with Crippen molar-refractivity contribution in [2.24, 2.45) is 51.2 Å². The zero-order chi connectivity index (χ0) is 25.4. The van der Waals surface area contributed by atoms with E-state index in [0.717, 1.165) is 0 Å². The maximum Gasteiger partial charge on any atom is 0.305 e. The molecule has 4 fully saturated rings. The minimum Gasteiger partial charge on any atom is -0.469 e. The Kier molecular flexibility index (Phi) is 5.99. The van der Waals surface area contributed by atoms with E-state index < -0.39 is 39.6 Å². The molecule has 0 radical (unpaired) electrons. The average Bonchev–Trinajstić information content (AvgIpc) is 2.97. The Labute approximate surface area is 203 Å². The lowest BCUT2D eigenvalue weighted by atomic mass is 9.37. The third kappa shape index (κ3) is 3.16. The van der Waals surface area contributed by atoms with E-state index in [1.165, 1.54) is 7.11 Å². The number of carbonyl (C=O) groups is 4. The van der Waals surface area contributed by atoms with Crippen LogP contribution in [0.1, 0.15) is 86.5 Å². The molecule has 6 heteroatoms. The van der Waals surface area contributed by atoms with Gasteiger partial charge in [-0.1, -0.05) is 41.5 Å². The fourth-order valence-electron chi connectivity index (χ4n) is 9.28. The van der Waals surface area contributed by atoms with Crippen molar-refractivity contribution >= 4 is 23.3 Å². The predicted octanol–water partition coefficient (Wildman–Crippen LogP) is 4.16. The summed E-state index contributed by atoms with van der Waals surface area (Å²) in [4.78, 5) is 52.5. The van der Waals surface area contributed by atoms with Gasteiger partial charge in [0.25, 0.3) is 0 Å². The molecule has 4 aliphatic rings. The molecule has 0 aromatic carbocycles. The van der Waals surface area contributed by atoms with Crippen LogP contribution in [0.5, 0.6) is 0 Å². The Balaban J connectivity index is 1.74. The molecule has 6 nitrogen and oxygen atoms in total. The molecule has 0 unspecified atom stereocenters. The maximum absolute atomic E-state index is 14.0. The van der Waals surface area contributed by atoms with Crippen LogP contribution in [0, 0.1) is 51.2 Å². The van der Waals surface area contributed by atoms with Gasteiger partial charge in [0.1, 0.15) is 17.3 Å². The number of aliphatic hydroxyl groups excluding tert-OH is 1. The van der Waals surface area contributed by atoms with Crippen LogP contribution in [0.15, 0.2) is 0 Å². The van der Waals surface area contributed by atoms with E-state index in [4.69, 9.17) is 4.74 Å². The second-order valence-corrected chi connectivity index (χ2v) is 13.1. The fraction of sp³-hybridized carbons (Fsp3) is 0.857. The second-order valence-electron chi connectivity index (χ2n) is 13.1. The molecular formula is C28H42O6. The van der Waals surface area contributed by atoms with E-state index in [1.54, 1.807) is 0 Å². The quantitative estimate of drug-likeness (QED) is 0.615. The summed E-state index contributed by atoms with van der Waals surface area (Å²) in [6.45, 7) is 12.2. The molecule has 0 aliphatic heterocycles. The first-order chi connectivity index (χ1) is 15.7. The van der Waals surface area contributed by atoms with Crippen LogP contribution >= 0.6 is 0 Å². The molecule has 0 spiro atoms. The number of ether oxygens (including phenoxy) is 1. The molecule has 0 heterocycles. The van der Waals surface area contributed by atoms with Gasteiger partial charge in [0, 0.05) is 48.3 Å². The highest BCUT2D eigenvalue weighted by molar-refractivity contribution is 5.96. The van der Waals surface area contributed by atoms with E-state index in [9.17, 15) is 24.3 Å². The van der Waals surface area contributed by atoms with Gasteiger partial charge in [-0.05, 0) is 47.8 Å². The number of ketones is 3. The van der Waals surface area contributed by atoms with Gasteiger partial charge in [-0.3, -0.25) is 19.2 Å². The fourth-order valence-corrected chi connectivity index (χ4v) is 9.28. The summed E-state index contributed by atoms with van der Waals surface area (Å²) in [5.41, 5.74) is -2.30. The van der Waals surface area contributed by atoms with Gasteiger partial charge in [-0.2, -0.15) is 0 Å². The molecular weight excluding hydrogens is 432 g/mol. The monoisotopic (exact) mass is 474 g/mol. The standard InChI is InChI=1S/C28H42O6/c1-15(8-9-22(33)34-7)16-12-21(32)28(6)24-17(29)13-19-25(2,3)20(31)10-11-26(19,4)23(24)18(30)14-27(16,28)5/h15-16,19,21,23-24,32H,8-14H2,1-7H3/t15-,16-,19-,21+,23-,24-,26+,27-,28+/m1/s1. The Morgan fingerprint density at radius 1 is 1.09 bits per heavy atom. The van der Waals surface area contributed by atoms with Crippen molar-refractivity contribution in [3.8, 4) is 0 Å². The summed E-state index contributed by atoms with van der Waals surface area (Å²) in [6, 6.07) is 0. The molecule has 1 N–H and O–H groups in total. The van der Waals surface area contributed by atoms with Gasteiger partial charge >= 0.3 is 5.97 Å². The Bertz CT molecular complexity index is 922. The smallest absolute Gasteiger partial charge is 0.305 e. The highest BCUT2D eigenvalue weighted by Gasteiger charge is 2.74. The topological polar surface area (TPSA) is 97.7 Å². The normalized spacial score (nSPS) is 46.4. The lowest BCUT2D eigenvalue weighted by Gasteiger charge is -2.65. The third-order valence-electron chi connectivity index (χ3n) is 11.5. The number of aliphatic hydroxyl groups is 1. The molecule has 0 aromatic rings. The minimum absolute atomic E-state index is 0.0322. The lowest BCUT2D eigenvalue weighted by Crippen LogP contribution is -2.68. The number of hydrogen-bond donors (Lipinski definition) is 1. The van der Waals surface area contributed by atoms with Gasteiger partial charge < -0.3 is 9.84 Å². The van der Waals surface area contributed by atoms with Crippen molar-refractivity contribution < 1.29 is 29.0 Å². The highest BCUT2D eigenvalue weighted by Crippen LogP contribution is 2.73. The van der Waals surface area contributed by atoms with Crippen LogP contribution in [0.3, 0.4) is 0 Å². The first kappa shape index (κ1) is 25.5. The van der Waals surface area contributed by atoms with Crippen molar-refractivity contribution in [1.29, 1.82) is 0 Å². The van der Waals surface area contributed by atoms with Crippen molar-refractivity contribution in [2.75, 3.05) is 7.11 Å². The van der Waals surface area contributed by atoms with E-state index in [1.807, 2.05) is 20.8 Å². The summed E-state index contributed by atoms with van der Waals surface area (Å²) in [7, 11) is 1.38. The van der Waals surface area contributed by atoms with Crippen molar-refractivity contribution in [3.05, 3.63) is 0 Å². The van der Waals surface area contributed by atoms with Crippen LogP contribution < -0.4 is 0 Å². The molecule has 9 atom stereocenters. The molecule has 4 rings (SSSR count). The molecule has 4 aliphatic carbocycles. The number of fused-ring (bicyclic) bond motifs is 5. The average molecular weight is 475 g/mol. The van der Waals surface area contributed by atoms with Gasteiger partial charge in [0.15, 0.2) is 0 Å². The summed E-state index contributed by atoms with van der Waals surface area (Å²) in [6.07, 6.45) is 2.47. The number of esters is 1. The summed E-state index contributed by atoms with van der Waals surface area (Å²) < 4.78 is 4.81. The Morgan fingerprint density at radius 3 is 2.35 bits per heavy atom. The number of carbonyl (C=O) groups excluding carboxylic acids is 4. The predicted molar refractivity (Wildman–Crippen MR) is 127 cm³/mol. The molecule has 0 bridgehead atoms. The zero-order valence-corrected chi connectivity index (χ0v) is 21.9. The molecule has 0 amide bonds. The largest absolute Gasteiger partial charge is 0.469 e. The van der Waals surface area contributed by atoms with Crippen LogP contribution in [0.25, 0.3) is 0 Å². The van der Waals surface area contributed by atoms with E-state index >= 15 is 0 Å². The molecule has 4 saturated carbocycles. The number of rotatable bonds is 4. The van der Waals surface area contributed by atoms with Crippen molar-refractivity contribution in [1.82, 2.24) is 0 Å². The van der Waals surface area contributed by atoms with Crippen LogP contribution in [0.4, 0.5) is 0 Å². The summed E-state index contributed by atoms with van der Waals surface area (Å²) in [5.74, 6) is -0.910. The summed E-state index contributed by atoms with van der Waals surface area (Å²) in [5, 5.41) is 11.6. The van der Waals surface area contributed by atoms with Crippen LogP contribution in [0.2, 0.25) is 0 Å². The maximum atomic E-state index is 14.0. The number of Topliss-reactive ketones (excluding diaryl/α,β-unsaturated/α-hetero) is 3. The minimum atomic E-state index is -0.716. The first-order valence-electron chi connectivity index (χ1n) is 13.0. The molecule has 190 valence electrons. The molecule has 0 saturated heterocycles. The summed E-state index contributed by atoms with van der Waals surface area (Å²) >= 11 is 0. The number of hydrogen-bond acceptors (Lipinski definition) is 6. The van der Waals surface area contributed by atoms with Crippen LogP contribution in [-0.4, -0.2) is 41.6 Å². The van der Waals surface area contributed by atoms with Gasteiger partial charge in [-0.25, -0.2) is 0 Å².